The van der Waals surface area contributed by atoms with Crippen LogP contribution in [0, 0.1) is 24.0 Å². The molecule has 3 aromatic heterocycles. The average molecular weight is 353 g/mol. The van der Waals surface area contributed by atoms with Gasteiger partial charge in [-0.3, -0.25) is 15.1 Å². The molecule has 0 atom stereocenters. The van der Waals surface area contributed by atoms with Gasteiger partial charge in [0.15, 0.2) is 11.2 Å². The van der Waals surface area contributed by atoms with Gasteiger partial charge in [-0.25, -0.2) is 4.79 Å². The number of benzene rings is 1. The Balaban J connectivity index is 0.00000196. The second-order valence-electron chi connectivity index (χ2n) is 5.83. The summed E-state index contributed by atoms with van der Waals surface area (Å²) in [5.41, 5.74) is 2.10. The molecule has 4 aromatic rings. The molecule has 4 rings (SSSR count). The Morgan fingerprint density at radius 2 is 1.92 bits per heavy atom. The van der Waals surface area contributed by atoms with Crippen LogP contribution in [0.3, 0.4) is 0 Å². The van der Waals surface area contributed by atoms with Gasteiger partial charge in [-0.15, -0.1) is 4.52 Å². The Kier molecular flexibility index (Phi) is 4.01. The normalized spacial score (nSPS) is 10.8. The van der Waals surface area contributed by atoms with Crippen molar-refractivity contribution in [1.82, 2.24) is 14.9 Å². The number of para-hydroxylation sites is 1. The number of nitrogens with one attached hydrogen (secondary N) is 1. The summed E-state index contributed by atoms with van der Waals surface area (Å²) < 4.78 is 2.92. The summed E-state index contributed by atoms with van der Waals surface area (Å²) in [7, 11) is 0. The smallest absolute Gasteiger partial charge is 0.407 e. The molecule has 0 saturated carbocycles. The van der Waals surface area contributed by atoms with Crippen molar-refractivity contribution in [1.29, 1.82) is 0 Å². The molecule has 0 aliphatic carbocycles. The third-order valence-electron chi connectivity index (χ3n) is 4.28. The summed E-state index contributed by atoms with van der Waals surface area (Å²) in [6.45, 7) is 3.44. The van der Waals surface area contributed by atoms with Gasteiger partial charge < -0.3 is 5.48 Å². The molecular formula is C17H15N5O4. The van der Waals surface area contributed by atoms with Crippen LogP contribution in [0.2, 0.25) is 0 Å². The summed E-state index contributed by atoms with van der Waals surface area (Å²) in [6, 6.07) is 10.5. The molecular weight excluding hydrogens is 338 g/mol. The molecule has 0 saturated heterocycles. The van der Waals surface area contributed by atoms with E-state index in [2.05, 4.69) is 10.2 Å². The van der Waals surface area contributed by atoms with Crippen LogP contribution in [-0.2, 0) is 0 Å². The molecule has 9 heteroatoms. The van der Waals surface area contributed by atoms with Crippen LogP contribution in [0.25, 0.3) is 22.1 Å². The molecule has 0 aliphatic heterocycles. The summed E-state index contributed by atoms with van der Waals surface area (Å²) in [4.78, 5) is 28.2. The van der Waals surface area contributed by atoms with Crippen molar-refractivity contribution in [2.45, 2.75) is 13.8 Å². The van der Waals surface area contributed by atoms with Gasteiger partial charge in [0.2, 0.25) is 0 Å². The van der Waals surface area contributed by atoms with E-state index in [-0.39, 0.29) is 22.2 Å². The number of nitrogens with zero attached hydrogens (tertiary/aromatic N) is 4. The molecule has 0 bridgehead atoms. The maximum atomic E-state index is 12.9. The van der Waals surface area contributed by atoms with E-state index in [1.165, 1.54) is 4.68 Å². The molecule has 3 heterocycles. The van der Waals surface area contributed by atoms with E-state index < -0.39 is 4.92 Å². The Hall–Kier alpha value is -3.59. The van der Waals surface area contributed by atoms with Gasteiger partial charge in [-0.1, -0.05) is 22.0 Å². The van der Waals surface area contributed by atoms with Crippen LogP contribution in [0.4, 0.5) is 5.69 Å². The van der Waals surface area contributed by atoms with Crippen molar-refractivity contribution in [3.05, 3.63) is 74.3 Å². The van der Waals surface area contributed by atoms with E-state index in [1.807, 2.05) is 6.92 Å². The Morgan fingerprint density at radius 1 is 1.19 bits per heavy atom. The summed E-state index contributed by atoms with van der Waals surface area (Å²) in [6.07, 6.45) is 1.58. The first-order valence-corrected chi connectivity index (χ1v) is 7.64. The monoisotopic (exact) mass is 353 g/mol. The fraction of sp³-hybridized carbons (Fsp3) is 0.118. The van der Waals surface area contributed by atoms with Crippen LogP contribution in [0.15, 0.2) is 47.4 Å². The molecule has 9 nitrogen and oxygen atoms in total. The molecule has 26 heavy (non-hydrogen) atoms. The zero-order valence-electron chi connectivity index (χ0n) is 14.0. The number of rotatable bonds is 2. The molecule has 0 fully saturated rings. The number of aromatic amines is 1. The van der Waals surface area contributed by atoms with E-state index in [9.17, 15) is 14.9 Å². The Morgan fingerprint density at radius 3 is 2.58 bits per heavy atom. The van der Waals surface area contributed by atoms with E-state index in [0.29, 0.717) is 22.2 Å². The van der Waals surface area contributed by atoms with E-state index >= 15 is 0 Å². The Bertz CT molecular complexity index is 1210. The van der Waals surface area contributed by atoms with E-state index in [4.69, 9.17) is 0 Å². The van der Waals surface area contributed by atoms with Crippen molar-refractivity contribution in [3.8, 4) is 5.69 Å². The largest absolute Gasteiger partial charge is 0.870 e. The zero-order chi connectivity index (χ0) is 17.7. The highest BCUT2D eigenvalue weighted by Gasteiger charge is 2.29. The van der Waals surface area contributed by atoms with Crippen molar-refractivity contribution in [2.24, 2.45) is 0 Å². The number of fused-ring (bicyclic) bond motifs is 3. The topological polar surface area (TPSA) is 128 Å². The van der Waals surface area contributed by atoms with Crippen LogP contribution in [0.5, 0.6) is 0 Å². The lowest BCUT2D eigenvalue weighted by atomic mass is 10.1. The van der Waals surface area contributed by atoms with E-state index in [1.54, 1.807) is 54.0 Å². The number of aryl methyl sites for hydroxylation is 2. The highest BCUT2D eigenvalue weighted by atomic mass is 16.6. The Labute approximate surface area is 146 Å². The highest BCUT2D eigenvalue weighted by molar-refractivity contribution is 5.89. The van der Waals surface area contributed by atoms with Gasteiger partial charge in [0.1, 0.15) is 5.39 Å². The summed E-state index contributed by atoms with van der Waals surface area (Å²) >= 11 is 0. The predicted molar refractivity (Wildman–Crippen MR) is 92.9 cm³/mol. The van der Waals surface area contributed by atoms with Gasteiger partial charge in [-0.2, -0.15) is 0 Å². The zero-order valence-corrected chi connectivity index (χ0v) is 14.0. The van der Waals surface area contributed by atoms with E-state index in [0.717, 1.165) is 5.69 Å². The molecule has 132 valence electrons. The SMILES string of the molecule is Cc1ccc(-n2[nH][n+]3c(c(C)c([N+](=O)[O-])c4ccccc43)c2=O)cn1.[OH-]. The van der Waals surface area contributed by atoms with Crippen molar-refractivity contribution in [3.63, 3.8) is 0 Å². The molecule has 0 amide bonds. The second kappa shape index (κ2) is 6.05. The predicted octanol–water partition coefficient (Wildman–Crippen LogP) is 1.80. The lowest BCUT2D eigenvalue weighted by Gasteiger charge is -2.01. The molecule has 0 unspecified atom stereocenters. The number of hydrogen-bond acceptors (Lipinski definition) is 5. The fourth-order valence-electron chi connectivity index (χ4n) is 3.08. The molecule has 2 N–H and O–H groups in total. The van der Waals surface area contributed by atoms with Crippen LogP contribution in [0.1, 0.15) is 11.3 Å². The number of aromatic nitrogens is 4. The lowest BCUT2D eigenvalue weighted by Crippen LogP contribution is -2.27. The first-order valence-electron chi connectivity index (χ1n) is 7.64. The number of pyridine rings is 2. The first-order chi connectivity index (χ1) is 12.0. The maximum absolute atomic E-state index is 12.9. The maximum Gasteiger partial charge on any atom is 0.407 e. The minimum atomic E-state index is -0.443. The van der Waals surface area contributed by atoms with Gasteiger partial charge in [0.25, 0.3) is 11.2 Å². The van der Waals surface area contributed by atoms with Crippen LogP contribution in [-0.4, -0.2) is 25.3 Å². The molecule has 0 aliphatic rings. The standard InChI is InChI=1S/C17H13N5O3.H2O/c1-10-7-8-12(9-18-10)20-17(23)16-11(2)15(22(24)25)13-5-3-4-6-14(13)21(16)19-20;/h3-9H,1-2H3;1H2. The second-order valence-corrected chi connectivity index (χ2v) is 5.83. The number of nitro groups is 1. The minimum absolute atomic E-state index is 0. The third-order valence-corrected chi connectivity index (χ3v) is 4.28. The van der Waals surface area contributed by atoms with Gasteiger partial charge >= 0.3 is 5.56 Å². The summed E-state index contributed by atoms with van der Waals surface area (Å²) in [5, 5.41) is 15.1. The van der Waals surface area contributed by atoms with Crippen LogP contribution < -0.4 is 10.1 Å². The first kappa shape index (κ1) is 17.2. The third kappa shape index (κ3) is 2.33. The quantitative estimate of drug-likeness (QED) is 0.334. The van der Waals surface area contributed by atoms with Gasteiger partial charge in [-0.05, 0) is 38.1 Å². The van der Waals surface area contributed by atoms with Gasteiger partial charge in [0.05, 0.1) is 16.7 Å². The van der Waals surface area contributed by atoms with Crippen LogP contribution >= 0.6 is 0 Å². The number of H-pyrrole nitrogens is 1. The summed E-state index contributed by atoms with van der Waals surface area (Å²) in [5.74, 6) is 0. The van der Waals surface area contributed by atoms with Crippen molar-refractivity contribution >= 4 is 22.1 Å². The molecule has 0 spiro atoms. The van der Waals surface area contributed by atoms with Crippen molar-refractivity contribution < 1.29 is 14.9 Å². The lowest BCUT2D eigenvalue weighted by molar-refractivity contribution is -0.556. The highest BCUT2D eigenvalue weighted by Crippen LogP contribution is 2.28. The average Bonchev–Trinajstić information content (AvgIpc) is 2.94. The van der Waals surface area contributed by atoms with Gasteiger partial charge in [0, 0.05) is 5.69 Å². The molecule has 0 radical (unpaired) electrons. The fourth-order valence-corrected chi connectivity index (χ4v) is 3.08. The van der Waals surface area contributed by atoms with Crippen molar-refractivity contribution in [2.75, 3.05) is 0 Å². The minimum Gasteiger partial charge on any atom is -0.870 e. The number of hydrogen-bond donors (Lipinski definition) is 1. The molecule has 1 aromatic carbocycles.